The predicted molar refractivity (Wildman–Crippen MR) is 65.7 cm³/mol. The van der Waals surface area contributed by atoms with Gasteiger partial charge in [-0.3, -0.25) is 0 Å². The summed E-state index contributed by atoms with van der Waals surface area (Å²) in [5, 5.41) is 0. The number of hydrogen-bond acceptors (Lipinski definition) is 3. The molecule has 0 bridgehead atoms. The summed E-state index contributed by atoms with van der Waals surface area (Å²) in [6.07, 6.45) is 5.49. The lowest BCUT2D eigenvalue weighted by molar-refractivity contribution is -0.680. The third kappa shape index (κ3) is 8.73. The minimum atomic E-state index is -6.09. The SMILES string of the molecule is C[Si](C)(C)C[n+]1ccccc1.O=S(=O)([O-])C(F)(F)F. The summed E-state index contributed by atoms with van der Waals surface area (Å²) in [7, 11) is -7.03. The second-order valence-electron chi connectivity index (χ2n) is 5.01. The lowest BCUT2D eigenvalue weighted by Gasteiger charge is -2.09. The van der Waals surface area contributed by atoms with Crippen molar-refractivity contribution in [1.29, 1.82) is 0 Å². The molecular formula is C10H16F3NO3SSi. The highest BCUT2D eigenvalue weighted by atomic mass is 32.2. The average Bonchev–Trinajstić information content (AvgIpc) is 2.14. The van der Waals surface area contributed by atoms with Gasteiger partial charge in [-0.25, -0.2) is 13.0 Å². The molecule has 0 unspecified atom stereocenters. The number of halogens is 3. The van der Waals surface area contributed by atoms with Crippen LogP contribution in [0.5, 0.6) is 0 Å². The van der Waals surface area contributed by atoms with Crippen LogP contribution in [-0.4, -0.2) is 26.6 Å². The summed E-state index contributed by atoms with van der Waals surface area (Å²) in [6, 6.07) is 6.22. The van der Waals surface area contributed by atoms with Crippen molar-refractivity contribution in [2.75, 3.05) is 0 Å². The molecule has 0 spiro atoms. The highest BCUT2D eigenvalue weighted by Gasteiger charge is 2.36. The van der Waals surface area contributed by atoms with Gasteiger partial charge in [0.2, 0.25) is 0 Å². The highest BCUT2D eigenvalue weighted by Crippen LogP contribution is 2.20. The minimum Gasteiger partial charge on any atom is -0.741 e. The van der Waals surface area contributed by atoms with Crippen molar-refractivity contribution in [3.8, 4) is 0 Å². The molecule has 4 nitrogen and oxygen atoms in total. The third-order valence-electron chi connectivity index (χ3n) is 1.72. The first kappa shape index (κ1) is 18.1. The molecule has 0 aliphatic heterocycles. The molecule has 0 aliphatic carbocycles. The predicted octanol–water partition coefficient (Wildman–Crippen LogP) is 1.90. The van der Waals surface area contributed by atoms with Crippen LogP contribution >= 0.6 is 0 Å². The summed E-state index contributed by atoms with van der Waals surface area (Å²) in [6.45, 7) is 7.15. The number of alkyl halides is 3. The molecule has 0 saturated heterocycles. The monoisotopic (exact) mass is 315 g/mol. The van der Waals surface area contributed by atoms with E-state index in [9.17, 15) is 13.2 Å². The lowest BCUT2D eigenvalue weighted by atomic mass is 10.5. The average molecular weight is 315 g/mol. The molecule has 1 aromatic heterocycles. The van der Waals surface area contributed by atoms with Crippen LogP contribution in [0, 0.1) is 0 Å². The van der Waals surface area contributed by atoms with Crippen molar-refractivity contribution in [3.05, 3.63) is 30.6 Å². The zero-order chi connectivity index (χ0) is 15.3. The first-order valence-electron chi connectivity index (χ1n) is 5.29. The molecule has 0 saturated carbocycles. The Bertz CT molecular complexity index is 483. The van der Waals surface area contributed by atoms with Gasteiger partial charge in [-0.05, 0) is 0 Å². The van der Waals surface area contributed by atoms with Crippen molar-refractivity contribution in [3.63, 3.8) is 0 Å². The lowest BCUT2D eigenvalue weighted by Crippen LogP contribution is -2.45. The zero-order valence-electron chi connectivity index (χ0n) is 10.8. The molecule has 0 amide bonds. The fourth-order valence-corrected chi connectivity index (χ4v) is 2.39. The smallest absolute Gasteiger partial charge is 0.485 e. The normalized spacial score (nSPS) is 12.6. The molecule has 1 rings (SSSR count). The molecule has 19 heavy (non-hydrogen) atoms. The Labute approximate surface area is 111 Å². The maximum atomic E-state index is 10.7. The van der Waals surface area contributed by atoms with E-state index in [-0.39, 0.29) is 0 Å². The molecule has 0 fully saturated rings. The van der Waals surface area contributed by atoms with Crippen LogP contribution in [0.4, 0.5) is 13.2 Å². The van der Waals surface area contributed by atoms with Crippen LogP contribution in [0.25, 0.3) is 0 Å². The number of rotatable bonds is 2. The quantitative estimate of drug-likeness (QED) is 0.362. The second kappa shape index (κ2) is 6.48. The number of aromatic nitrogens is 1. The van der Waals surface area contributed by atoms with Crippen LogP contribution in [0.2, 0.25) is 19.6 Å². The van der Waals surface area contributed by atoms with Crippen molar-refractivity contribution in [2.45, 2.75) is 31.3 Å². The Kier molecular flexibility index (Phi) is 6.17. The van der Waals surface area contributed by atoms with Gasteiger partial charge in [0.25, 0.3) is 0 Å². The molecule has 0 radical (unpaired) electrons. The number of nitrogens with zero attached hydrogens (tertiary/aromatic N) is 1. The summed E-state index contributed by atoms with van der Waals surface area (Å²) < 4.78 is 61.2. The van der Waals surface area contributed by atoms with Crippen LogP contribution < -0.4 is 4.57 Å². The molecule has 0 aliphatic rings. The largest absolute Gasteiger partial charge is 0.741 e. The van der Waals surface area contributed by atoms with E-state index in [0.717, 1.165) is 0 Å². The maximum absolute atomic E-state index is 10.7. The maximum Gasteiger partial charge on any atom is 0.485 e. The molecule has 1 heterocycles. The Hall–Kier alpha value is -0.933. The van der Waals surface area contributed by atoms with Crippen molar-refractivity contribution >= 4 is 18.2 Å². The number of pyridine rings is 1. The van der Waals surface area contributed by atoms with E-state index in [0.29, 0.717) is 0 Å². The summed E-state index contributed by atoms with van der Waals surface area (Å²) in [5.41, 5.74) is -5.65. The van der Waals surface area contributed by atoms with Gasteiger partial charge >= 0.3 is 5.51 Å². The topological polar surface area (TPSA) is 61.1 Å². The van der Waals surface area contributed by atoms with Gasteiger partial charge in [-0.15, -0.1) is 0 Å². The van der Waals surface area contributed by atoms with Gasteiger partial charge in [0.05, 0.1) is 0 Å². The molecule has 0 aromatic carbocycles. The molecular weight excluding hydrogens is 299 g/mol. The fraction of sp³-hybridized carbons (Fsp3) is 0.500. The molecule has 0 N–H and O–H groups in total. The van der Waals surface area contributed by atoms with Crippen LogP contribution in [0.3, 0.4) is 0 Å². The van der Waals surface area contributed by atoms with Crippen molar-refractivity contribution < 1.29 is 30.7 Å². The van der Waals surface area contributed by atoms with E-state index in [1.54, 1.807) is 0 Å². The van der Waals surface area contributed by atoms with Gasteiger partial charge in [0.15, 0.2) is 22.5 Å². The van der Waals surface area contributed by atoms with Gasteiger partial charge in [0.1, 0.15) is 14.2 Å². The molecule has 9 heteroatoms. The van der Waals surface area contributed by atoms with E-state index in [1.165, 1.54) is 6.17 Å². The Balaban J connectivity index is 0.000000362. The molecule has 0 atom stereocenters. The first-order valence-corrected chi connectivity index (χ1v) is 10.4. The van der Waals surface area contributed by atoms with Crippen LogP contribution in [0.15, 0.2) is 30.6 Å². The van der Waals surface area contributed by atoms with Crippen LogP contribution in [-0.2, 0) is 16.3 Å². The fourth-order valence-electron chi connectivity index (χ4n) is 1.09. The first-order chi connectivity index (χ1) is 8.33. The Morgan fingerprint density at radius 3 is 1.74 bits per heavy atom. The number of hydrogen-bond donors (Lipinski definition) is 0. The second-order valence-corrected chi connectivity index (χ2v) is 11.8. The van der Waals surface area contributed by atoms with Gasteiger partial charge in [-0.1, -0.05) is 25.7 Å². The van der Waals surface area contributed by atoms with E-state index < -0.39 is 23.7 Å². The zero-order valence-corrected chi connectivity index (χ0v) is 12.6. The standard InChI is InChI=1S/C9H16NSi.CHF3O3S/c1-11(2,3)9-10-7-5-4-6-8-10;2-1(3,4)8(5,6)7/h4-8H,9H2,1-3H3;(H,5,6,7)/q+1;/p-1. The minimum absolute atomic E-state index is 0.935. The Morgan fingerprint density at radius 1 is 1.11 bits per heavy atom. The Morgan fingerprint density at radius 2 is 1.47 bits per heavy atom. The molecule has 1 aromatic rings. The van der Waals surface area contributed by atoms with E-state index in [2.05, 4.69) is 54.8 Å². The van der Waals surface area contributed by atoms with Crippen LogP contribution in [0.1, 0.15) is 0 Å². The van der Waals surface area contributed by atoms with Gasteiger partial charge in [-0.2, -0.15) is 13.2 Å². The summed E-state index contributed by atoms with van der Waals surface area (Å²) in [5.74, 6) is 0. The van der Waals surface area contributed by atoms with Gasteiger partial charge < -0.3 is 4.55 Å². The molecule has 110 valence electrons. The van der Waals surface area contributed by atoms with Gasteiger partial charge in [0, 0.05) is 12.1 Å². The van der Waals surface area contributed by atoms with E-state index in [1.807, 2.05) is 0 Å². The summed E-state index contributed by atoms with van der Waals surface area (Å²) in [4.78, 5) is 0. The summed E-state index contributed by atoms with van der Waals surface area (Å²) >= 11 is 0. The third-order valence-corrected chi connectivity index (χ3v) is 3.60. The van der Waals surface area contributed by atoms with Crippen molar-refractivity contribution in [2.24, 2.45) is 0 Å². The highest BCUT2D eigenvalue weighted by molar-refractivity contribution is 7.86. The van der Waals surface area contributed by atoms with Crippen molar-refractivity contribution in [1.82, 2.24) is 0 Å². The van der Waals surface area contributed by atoms with E-state index in [4.69, 9.17) is 13.0 Å². The van der Waals surface area contributed by atoms with E-state index >= 15 is 0 Å².